The molecular weight excluding hydrogens is 1330 g/mol. The van der Waals surface area contributed by atoms with Crippen molar-refractivity contribution in [2.45, 2.75) is 33.0 Å². The summed E-state index contributed by atoms with van der Waals surface area (Å²) in [5, 5.41) is 0.482. The van der Waals surface area contributed by atoms with Crippen molar-refractivity contribution in [1.29, 1.82) is 0 Å². The van der Waals surface area contributed by atoms with Crippen LogP contribution in [0.3, 0.4) is 0 Å². The standard InChI is InChI=1S/2C13H6F5S.C12H8F2.C2F6O5S2.2CHF3O3S/c14-7-1-3-11-9(5-7)10-6-8(15)2-4-12(10)19(11)13(16,17)18;14-7-4-5-11-9(6-7)8-2-1-3-10(15)12(8)19(11)13(16,17)18;13-11-5-1-3-9(7-11)10-4-2-6-12(14)8-10;3-1(4,5)14(9,10)13-15(11,12)2(6,7)8;2*2-1(3,4)8(5,6)7/h2*1-6H;1-8H;;2*(H,5,6,7)/q2*+1;;;;/p-2. The lowest BCUT2D eigenvalue weighted by molar-refractivity contribution is -0.0871. The molecule has 0 aliphatic heterocycles. The van der Waals surface area contributed by atoms with Gasteiger partial charge in [-0.2, -0.15) is 69.5 Å². The van der Waals surface area contributed by atoms with Gasteiger partial charge in [0.25, 0.3) is 0 Å². The molecular formula is C42H20F24O11S6. The van der Waals surface area contributed by atoms with Gasteiger partial charge in [-0.3, -0.25) is 0 Å². The summed E-state index contributed by atoms with van der Waals surface area (Å²) in [7, 11) is -30.4. The van der Waals surface area contributed by atoms with Crippen molar-refractivity contribution in [3.63, 3.8) is 0 Å². The predicted octanol–water partition coefficient (Wildman–Crippen LogP) is 15.4. The number of fused-ring (bicyclic) bond motifs is 6. The molecule has 6 aromatic carbocycles. The van der Waals surface area contributed by atoms with E-state index in [1.165, 1.54) is 36.4 Å². The fraction of sp³-hybridized carbons (Fsp3) is 0.143. The van der Waals surface area contributed by atoms with Crippen LogP contribution in [0.2, 0.25) is 0 Å². The molecule has 2 aromatic heterocycles. The maximum atomic E-state index is 13.7. The third-order valence-electron chi connectivity index (χ3n) is 8.99. The highest BCUT2D eigenvalue weighted by Gasteiger charge is 2.57. The summed E-state index contributed by atoms with van der Waals surface area (Å²) in [5.74, 6) is -3.45. The van der Waals surface area contributed by atoms with Gasteiger partial charge in [0.05, 0.1) is 21.5 Å². The Kier molecular flexibility index (Phi) is 21.9. The summed E-state index contributed by atoms with van der Waals surface area (Å²) in [6.07, 6.45) is 0. The summed E-state index contributed by atoms with van der Waals surface area (Å²) in [6, 6.07) is 25.3. The Labute approximate surface area is 452 Å². The average molecular weight is 1350 g/mol. The van der Waals surface area contributed by atoms with Crippen molar-refractivity contribution in [1.82, 2.24) is 0 Å². The number of halogens is 24. The number of hydrogen-bond acceptors (Lipinski definition) is 11. The molecule has 0 aliphatic rings. The highest BCUT2D eigenvalue weighted by atomic mass is 32.3. The van der Waals surface area contributed by atoms with E-state index in [-0.39, 0.29) is 47.3 Å². The van der Waals surface area contributed by atoms with E-state index in [9.17, 15) is 122 Å². The molecule has 0 aliphatic carbocycles. The summed E-state index contributed by atoms with van der Waals surface area (Å²) in [4.78, 5) is 0. The molecule has 8 rings (SSSR count). The molecule has 83 heavy (non-hydrogen) atoms. The minimum atomic E-state index is -6.85. The molecule has 0 amide bonds. The smallest absolute Gasteiger partial charge is 0.601 e. The second-order valence-electron chi connectivity index (χ2n) is 14.7. The van der Waals surface area contributed by atoms with Gasteiger partial charge in [-0.05, 0) is 83.9 Å². The Morgan fingerprint density at radius 2 is 0.614 bits per heavy atom. The number of hydrogen-bond donors (Lipinski definition) is 0. The molecule has 0 spiro atoms. The number of rotatable bonds is 3. The Morgan fingerprint density at radius 1 is 0.337 bits per heavy atom. The third-order valence-corrected chi connectivity index (χ3v) is 16.8. The Bertz CT molecular complexity index is 3890. The van der Waals surface area contributed by atoms with Gasteiger partial charge in [-0.1, -0.05) is 30.3 Å². The van der Waals surface area contributed by atoms with Crippen LogP contribution in [0.5, 0.6) is 0 Å². The van der Waals surface area contributed by atoms with E-state index in [1.54, 1.807) is 24.3 Å². The van der Waals surface area contributed by atoms with Crippen LogP contribution in [-0.2, 0) is 55.1 Å². The molecule has 0 saturated heterocycles. The summed E-state index contributed by atoms with van der Waals surface area (Å²) in [5.41, 5.74) is -31.5. The second kappa shape index (κ2) is 25.5. The van der Waals surface area contributed by atoms with Gasteiger partial charge < -0.3 is 9.11 Å². The minimum Gasteiger partial charge on any atom is -0.741 e. The van der Waals surface area contributed by atoms with E-state index >= 15 is 0 Å². The molecule has 0 radical (unpaired) electrons. The fourth-order valence-electron chi connectivity index (χ4n) is 5.85. The van der Waals surface area contributed by atoms with Crippen LogP contribution in [-0.4, -0.2) is 64.8 Å². The van der Waals surface area contributed by atoms with Crippen molar-refractivity contribution < 1.29 is 152 Å². The monoisotopic (exact) mass is 1350 g/mol. The minimum absolute atomic E-state index is 0.00509. The first-order valence-electron chi connectivity index (χ1n) is 19.9. The van der Waals surface area contributed by atoms with E-state index in [1.807, 2.05) is 3.63 Å². The second-order valence-corrected chi connectivity index (χ2v) is 24.6. The van der Waals surface area contributed by atoms with Crippen LogP contribution in [0.25, 0.3) is 51.5 Å². The largest absolute Gasteiger partial charge is 0.741 e. The maximum absolute atomic E-state index is 13.7. The van der Waals surface area contributed by atoms with E-state index in [2.05, 4.69) is 0 Å². The Hall–Kier alpha value is -6.24. The highest BCUT2D eigenvalue weighted by molar-refractivity contribution is 8.00. The lowest BCUT2D eigenvalue weighted by Crippen LogP contribution is -2.34. The molecule has 0 N–H and O–H groups in total. The van der Waals surface area contributed by atoms with Gasteiger partial charge in [0.15, 0.2) is 40.2 Å². The molecule has 458 valence electrons. The third kappa shape index (κ3) is 18.6. The Balaban J connectivity index is 0.000000269. The van der Waals surface area contributed by atoms with Gasteiger partial charge in [-0.15, -0.1) is 30.0 Å². The molecule has 11 nitrogen and oxygen atoms in total. The molecule has 0 fully saturated rings. The van der Waals surface area contributed by atoms with Gasteiger partial charge in [0.1, 0.15) is 50.0 Å². The molecule has 0 saturated carbocycles. The lowest BCUT2D eigenvalue weighted by Gasteiger charge is -2.09. The van der Waals surface area contributed by atoms with Crippen molar-refractivity contribution >= 4 is 102 Å². The number of thiophene rings is 2. The van der Waals surface area contributed by atoms with Crippen LogP contribution >= 0.6 is 20.9 Å². The Morgan fingerprint density at radius 3 is 0.892 bits per heavy atom. The fourth-order valence-corrected chi connectivity index (χ4v) is 11.3. The van der Waals surface area contributed by atoms with Crippen LogP contribution in [0.4, 0.5) is 105 Å². The van der Waals surface area contributed by atoms with E-state index in [0.29, 0.717) is 11.1 Å². The first-order chi connectivity index (χ1) is 37.2. The van der Waals surface area contributed by atoms with Crippen LogP contribution < -0.4 is 0 Å². The van der Waals surface area contributed by atoms with Crippen molar-refractivity contribution in [2.24, 2.45) is 0 Å². The van der Waals surface area contributed by atoms with E-state index < -0.39 is 122 Å². The molecule has 1 unspecified atom stereocenters. The predicted molar refractivity (Wildman–Crippen MR) is 245 cm³/mol. The van der Waals surface area contributed by atoms with Crippen LogP contribution in [0.1, 0.15) is 0 Å². The molecule has 8 aromatic rings. The zero-order valence-electron chi connectivity index (χ0n) is 38.6. The SMILES string of the molecule is Fc1ccc2c(c1)c1cc(F)ccc1[s+]2C(F)(F)F.Fc1ccc2c(c1)c1cccc(F)c1[s+]2C(F)(F)F.Fc1cccc(-c2cccc(F)c2)c1.O=S(=O)(OS(=O)(=O)C(F)(F)F)C(F)(F)F.O=S(=O)([O-])C(F)(F)F.O=S(=O)([O-])C(F)(F)F. The normalized spacial score (nSPS) is 13.1. The average Bonchev–Trinajstić information content (AvgIpc) is 2.24. The van der Waals surface area contributed by atoms with E-state index in [0.717, 1.165) is 60.7 Å². The zero-order chi connectivity index (χ0) is 64.2. The topological polar surface area (TPSA) is 192 Å². The number of benzene rings is 6. The summed E-state index contributed by atoms with van der Waals surface area (Å²) in [6.45, 7) is 0. The first kappa shape index (κ1) is 71.0. The summed E-state index contributed by atoms with van der Waals surface area (Å²) >= 11 is 0. The number of alkyl halides is 18. The van der Waals surface area contributed by atoms with Gasteiger partial charge in [-0.25, -0.2) is 43.2 Å². The first-order valence-corrected chi connectivity index (χ1v) is 28.0. The van der Waals surface area contributed by atoms with Crippen molar-refractivity contribution in [2.75, 3.05) is 0 Å². The quantitative estimate of drug-likeness (QED) is 0.0707. The molecule has 41 heteroatoms. The van der Waals surface area contributed by atoms with Crippen molar-refractivity contribution in [3.05, 3.63) is 156 Å². The highest BCUT2D eigenvalue weighted by Crippen LogP contribution is 2.56. The van der Waals surface area contributed by atoms with Crippen molar-refractivity contribution in [3.8, 4) is 11.1 Å². The van der Waals surface area contributed by atoms with Crippen LogP contribution in [0, 0.1) is 34.9 Å². The summed E-state index contributed by atoms with van der Waals surface area (Å²) < 4.78 is 385. The molecule has 1 atom stereocenters. The van der Waals surface area contributed by atoms with E-state index in [4.69, 9.17) is 25.9 Å². The molecule has 0 bridgehead atoms. The zero-order valence-corrected chi connectivity index (χ0v) is 43.5. The van der Waals surface area contributed by atoms with Gasteiger partial charge >= 0.3 is 53.3 Å². The van der Waals surface area contributed by atoms with Gasteiger partial charge in [0, 0.05) is 18.2 Å². The van der Waals surface area contributed by atoms with Crippen LogP contribution in [0.15, 0.2) is 121 Å². The maximum Gasteiger partial charge on any atom is 0.601 e. The molecule has 2 heterocycles. The lowest BCUT2D eigenvalue weighted by atomic mass is 10.1. The van der Waals surface area contributed by atoms with Gasteiger partial charge in [0.2, 0.25) is 4.70 Å².